The molecule has 0 aromatic heterocycles. The van der Waals surface area contributed by atoms with Gasteiger partial charge >= 0.3 is 5.97 Å². The van der Waals surface area contributed by atoms with E-state index in [-0.39, 0.29) is 5.91 Å². The highest BCUT2D eigenvalue weighted by atomic mass is 16.7. The van der Waals surface area contributed by atoms with Crippen LogP contribution in [0.3, 0.4) is 0 Å². The third-order valence-electron chi connectivity index (χ3n) is 3.12. The maximum Gasteiger partial charge on any atom is 0.356 e. The highest BCUT2D eigenvalue weighted by molar-refractivity contribution is 5.89. The molecule has 0 bridgehead atoms. The Kier molecular flexibility index (Phi) is 8.13. The molecule has 1 amide bonds. The van der Waals surface area contributed by atoms with Crippen molar-refractivity contribution in [3.63, 3.8) is 0 Å². The molecule has 0 heterocycles. The van der Waals surface area contributed by atoms with Crippen LogP contribution in [0.1, 0.15) is 29.6 Å². The Hall–Kier alpha value is -1.96. The Balaban J connectivity index is 2.11. The van der Waals surface area contributed by atoms with E-state index in [2.05, 4.69) is 5.48 Å². The molecule has 0 aliphatic carbocycles. The van der Waals surface area contributed by atoms with E-state index in [4.69, 9.17) is 15.4 Å². The van der Waals surface area contributed by atoms with Gasteiger partial charge < -0.3 is 10.6 Å². The van der Waals surface area contributed by atoms with E-state index in [1.807, 2.05) is 6.07 Å². The minimum absolute atomic E-state index is 0.258. The largest absolute Gasteiger partial charge is 0.367 e. The van der Waals surface area contributed by atoms with Gasteiger partial charge in [0.2, 0.25) is 0 Å². The van der Waals surface area contributed by atoms with Gasteiger partial charge in [-0.1, -0.05) is 18.2 Å². The number of rotatable bonds is 9. The molecule has 0 aliphatic heterocycles. The lowest BCUT2D eigenvalue weighted by atomic mass is 10.1. The first-order valence-electron chi connectivity index (χ1n) is 7.12. The monoisotopic (exact) mass is 309 g/mol. The van der Waals surface area contributed by atoms with Gasteiger partial charge in [-0.2, -0.15) is 5.48 Å². The lowest BCUT2D eigenvalue weighted by Crippen LogP contribution is -2.41. The summed E-state index contributed by atoms with van der Waals surface area (Å²) in [5.74, 6) is -0.680. The predicted molar refractivity (Wildman–Crippen MR) is 81.5 cm³/mol. The molecule has 1 rings (SSSR count). The average Bonchev–Trinajstić information content (AvgIpc) is 2.56. The molecule has 3 N–H and O–H groups in total. The van der Waals surface area contributed by atoms with Gasteiger partial charge in [0.1, 0.15) is 0 Å². The molecule has 22 heavy (non-hydrogen) atoms. The molecule has 7 nitrogen and oxygen atoms in total. The van der Waals surface area contributed by atoms with Crippen molar-refractivity contribution >= 4 is 11.9 Å². The number of unbranched alkanes of at least 4 members (excludes halogenated alkanes) is 1. The van der Waals surface area contributed by atoms with Crippen molar-refractivity contribution in [1.29, 1.82) is 0 Å². The molecule has 0 spiro atoms. The standard InChI is InChI=1S/C15H23N3O4/c1-18(21-2)14(19)13(16)10-6-7-11-17-22-15(20)12-8-4-3-5-9-12/h3-5,8-9,13,17H,6-7,10-11,16H2,1-2H3. The number of carbonyl (C=O) groups is 2. The molecule has 1 aromatic rings. The second-order valence-corrected chi connectivity index (χ2v) is 4.77. The van der Waals surface area contributed by atoms with Crippen molar-refractivity contribution < 1.29 is 19.3 Å². The van der Waals surface area contributed by atoms with Gasteiger partial charge in [0.25, 0.3) is 5.91 Å². The van der Waals surface area contributed by atoms with Gasteiger partial charge in [0, 0.05) is 13.6 Å². The number of likely N-dealkylation sites (N-methyl/N-ethyl adjacent to an activating group) is 1. The zero-order chi connectivity index (χ0) is 16.4. The third-order valence-corrected chi connectivity index (χ3v) is 3.12. The normalized spacial score (nSPS) is 11.8. The van der Waals surface area contributed by atoms with E-state index in [9.17, 15) is 9.59 Å². The summed E-state index contributed by atoms with van der Waals surface area (Å²) in [6.45, 7) is 0.500. The topological polar surface area (TPSA) is 93.9 Å². The second kappa shape index (κ2) is 9.88. The van der Waals surface area contributed by atoms with Crippen LogP contribution in [0.15, 0.2) is 30.3 Å². The molecular formula is C15H23N3O4. The van der Waals surface area contributed by atoms with E-state index in [0.717, 1.165) is 17.9 Å². The van der Waals surface area contributed by atoms with E-state index in [1.165, 1.54) is 14.2 Å². The van der Waals surface area contributed by atoms with E-state index in [0.29, 0.717) is 18.5 Å². The molecule has 122 valence electrons. The summed E-state index contributed by atoms with van der Waals surface area (Å²) in [4.78, 5) is 32.9. The van der Waals surface area contributed by atoms with Crippen LogP contribution in [0.4, 0.5) is 0 Å². The van der Waals surface area contributed by atoms with Crippen molar-refractivity contribution in [3.8, 4) is 0 Å². The molecule has 0 saturated carbocycles. The number of hydrogen-bond acceptors (Lipinski definition) is 6. The molecule has 0 fully saturated rings. The summed E-state index contributed by atoms with van der Waals surface area (Å²) < 4.78 is 0. The molecule has 1 atom stereocenters. The van der Waals surface area contributed by atoms with Gasteiger partial charge in [-0.3, -0.25) is 9.63 Å². The van der Waals surface area contributed by atoms with Crippen LogP contribution in [0, 0.1) is 0 Å². The number of amides is 1. The summed E-state index contributed by atoms with van der Waals surface area (Å²) >= 11 is 0. The summed E-state index contributed by atoms with van der Waals surface area (Å²) in [5, 5.41) is 1.12. The lowest BCUT2D eigenvalue weighted by molar-refractivity contribution is -0.170. The molecule has 7 heteroatoms. The number of hydroxylamine groups is 3. The van der Waals surface area contributed by atoms with Crippen molar-refractivity contribution in [2.24, 2.45) is 5.73 Å². The highest BCUT2D eigenvalue weighted by Gasteiger charge is 2.17. The zero-order valence-electron chi connectivity index (χ0n) is 13.0. The van der Waals surface area contributed by atoms with Crippen molar-refractivity contribution in [1.82, 2.24) is 10.5 Å². The summed E-state index contributed by atoms with van der Waals surface area (Å²) in [7, 11) is 2.93. The average molecular weight is 309 g/mol. The summed E-state index contributed by atoms with van der Waals surface area (Å²) in [6, 6.07) is 8.15. The molecular weight excluding hydrogens is 286 g/mol. The minimum atomic E-state index is -0.586. The summed E-state index contributed by atoms with van der Waals surface area (Å²) in [5.41, 5.74) is 8.86. The molecule has 1 aromatic carbocycles. The van der Waals surface area contributed by atoms with E-state index < -0.39 is 12.0 Å². The number of nitrogens with zero attached hydrogens (tertiary/aromatic N) is 1. The number of benzene rings is 1. The van der Waals surface area contributed by atoms with Crippen LogP contribution < -0.4 is 11.2 Å². The number of carbonyl (C=O) groups excluding carboxylic acids is 2. The van der Waals surface area contributed by atoms with Crippen LogP contribution in [0.2, 0.25) is 0 Å². The van der Waals surface area contributed by atoms with Gasteiger partial charge in [0.15, 0.2) is 0 Å². The van der Waals surface area contributed by atoms with Gasteiger partial charge in [0.05, 0.1) is 18.7 Å². The highest BCUT2D eigenvalue weighted by Crippen LogP contribution is 2.02. The van der Waals surface area contributed by atoms with Crippen LogP contribution in [-0.2, 0) is 14.5 Å². The second-order valence-electron chi connectivity index (χ2n) is 4.77. The number of nitrogens with two attached hydrogens (primary N) is 1. The van der Waals surface area contributed by atoms with Crippen LogP contribution in [0.25, 0.3) is 0 Å². The van der Waals surface area contributed by atoms with Crippen molar-refractivity contribution in [2.45, 2.75) is 25.3 Å². The van der Waals surface area contributed by atoms with E-state index >= 15 is 0 Å². The van der Waals surface area contributed by atoms with Gasteiger partial charge in [-0.05, 0) is 31.4 Å². The SMILES string of the molecule is CON(C)C(=O)C(N)CCCCNOC(=O)c1ccccc1. The maximum atomic E-state index is 11.6. The molecule has 0 radical (unpaired) electrons. The first-order valence-corrected chi connectivity index (χ1v) is 7.12. The first-order chi connectivity index (χ1) is 10.6. The molecule has 1 unspecified atom stereocenters. The Morgan fingerprint density at radius 3 is 2.59 bits per heavy atom. The fraction of sp³-hybridized carbons (Fsp3) is 0.467. The predicted octanol–water partition coefficient (Wildman–Crippen LogP) is 0.865. The Morgan fingerprint density at radius 2 is 1.95 bits per heavy atom. The lowest BCUT2D eigenvalue weighted by Gasteiger charge is -2.18. The first kappa shape index (κ1) is 18.1. The molecule has 0 saturated heterocycles. The van der Waals surface area contributed by atoms with Crippen molar-refractivity contribution in [3.05, 3.63) is 35.9 Å². The zero-order valence-corrected chi connectivity index (χ0v) is 13.0. The fourth-order valence-corrected chi connectivity index (χ4v) is 1.76. The minimum Gasteiger partial charge on any atom is -0.367 e. The maximum absolute atomic E-state index is 11.6. The number of nitrogens with one attached hydrogen (secondary N) is 1. The van der Waals surface area contributed by atoms with Crippen molar-refractivity contribution in [2.75, 3.05) is 20.7 Å². The van der Waals surface area contributed by atoms with Gasteiger partial charge in [-0.25, -0.2) is 9.86 Å². The third kappa shape index (κ3) is 6.21. The van der Waals surface area contributed by atoms with Crippen LogP contribution in [-0.4, -0.2) is 43.7 Å². The van der Waals surface area contributed by atoms with Gasteiger partial charge in [-0.15, -0.1) is 0 Å². The fourth-order valence-electron chi connectivity index (χ4n) is 1.76. The Morgan fingerprint density at radius 1 is 1.27 bits per heavy atom. The Labute approximate surface area is 130 Å². The quantitative estimate of drug-likeness (QED) is 0.519. The Bertz CT molecular complexity index is 467. The molecule has 0 aliphatic rings. The van der Waals surface area contributed by atoms with Crippen LogP contribution in [0.5, 0.6) is 0 Å². The van der Waals surface area contributed by atoms with E-state index in [1.54, 1.807) is 24.3 Å². The van der Waals surface area contributed by atoms with Crippen LogP contribution >= 0.6 is 0 Å². The number of hydrogen-bond donors (Lipinski definition) is 2. The summed E-state index contributed by atoms with van der Waals surface area (Å²) in [6.07, 6.45) is 2.01. The smallest absolute Gasteiger partial charge is 0.356 e.